The molecule has 1 aliphatic heterocycles. The van der Waals surface area contributed by atoms with Crippen molar-refractivity contribution >= 4 is 22.8 Å². The first-order valence-electron chi connectivity index (χ1n) is 10.3. The molecule has 0 saturated carbocycles. The molecule has 0 radical (unpaired) electrons. The van der Waals surface area contributed by atoms with Crippen LogP contribution in [0.1, 0.15) is 43.6 Å². The van der Waals surface area contributed by atoms with Crippen molar-refractivity contribution in [1.82, 2.24) is 4.90 Å². The van der Waals surface area contributed by atoms with E-state index in [9.17, 15) is 18.8 Å². The van der Waals surface area contributed by atoms with Crippen LogP contribution in [0.2, 0.25) is 0 Å². The molecule has 0 fully saturated rings. The van der Waals surface area contributed by atoms with Gasteiger partial charge in [-0.15, -0.1) is 0 Å². The highest BCUT2D eigenvalue weighted by Crippen LogP contribution is 2.39. The maximum absolute atomic E-state index is 13.5. The summed E-state index contributed by atoms with van der Waals surface area (Å²) in [6.45, 7) is 0.141. The molecule has 0 N–H and O–H groups in total. The third-order valence-electron chi connectivity index (χ3n) is 5.79. The first kappa shape index (κ1) is 20.6. The number of para-hydroxylation sites is 1. The Hall–Kier alpha value is -4.26. The molecule has 0 unspecified atom stereocenters. The molecule has 4 aromatic rings. The number of methoxy groups -OCH3 is 1. The number of ether oxygens (including phenoxy) is 1. The van der Waals surface area contributed by atoms with Crippen molar-refractivity contribution in [2.24, 2.45) is 0 Å². The lowest BCUT2D eigenvalue weighted by molar-refractivity contribution is 0.0599. The fourth-order valence-corrected chi connectivity index (χ4v) is 4.18. The third-order valence-corrected chi connectivity index (χ3v) is 5.79. The molecule has 164 valence electrons. The van der Waals surface area contributed by atoms with Gasteiger partial charge in [0, 0.05) is 6.54 Å². The summed E-state index contributed by atoms with van der Waals surface area (Å²) >= 11 is 0. The molecule has 0 saturated heterocycles. The summed E-state index contributed by atoms with van der Waals surface area (Å²) in [5.74, 6) is -1.31. The molecule has 1 atom stereocenters. The number of carbonyl (C=O) groups is 2. The molecule has 1 aromatic heterocycles. The van der Waals surface area contributed by atoms with Gasteiger partial charge in [0.2, 0.25) is 5.76 Å². The predicted molar refractivity (Wildman–Crippen MR) is 118 cm³/mol. The zero-order valence-electron chi connectivity index (χ0n) is 17.6. The third kappa shape index (κ3) is 3.47. The quantitative estimate of drug-likeness (QED) is 0.435. The van der Waals surface area contributed by atoms with Gasteiger partial charge < -0.3 is 14.1 Å². The molecule has 0 bridgehead atoms. The van der Waals surface area contributed by atoms with E-state index in [-0.39, 0.29) is 29.1 Å². The van der Waals surface area contributed by atoms with Gasteiger partial charge in [-0.05, 0) is 47.5 Å². The van der Waals surface area contributed by atoms with Gasteiger partial charge in [0.1, 0.15) is 11.4 Å². The molecular formula is C26H18FNO5. The summed E-state index contributed by atoms with van der Waals surface area (Å²) in [6.07, 6.45) is 0. The molecular weight excluding hydrogens is 425 g/mol. The van der Waals surface area contributed by atoms with Crippen LogP contribution in [0.5, 0.6) is 0 Å². The van der Waals surface area contributed by atoms with E-state index in [0.717, 1.165) is 0 Å². The summed E-state index contributed by atoms with van der Waals surface area (Å²) in [5.41, 5.74) is 1.97. The lowest BCUT2D eigenvalue weighted by Gasteiger charge is -2.25. The highest BCUT2D eigenvalue weighted by molar-refractivity contribution is 5.99. The standard InChI is InChI=1S/C26H18FNO5/c1-32-26(31)17-10-8-16(9-11-17)22-21-23(29)19-4-2-3-5-20(19)33-24(21)25(30)28(22)14-15-6-12-18(27)13-7-15/h2-13,22H,14H2,1H3/t22-/m1/s1. The second-order valence-corrected chi connectivity index (χ2v) is 7.75. The maximum atomic E-state index is 13.5. The van der Waals surface area contributed by atoms with Gasteiger partial charge >= 0.3 is 5.97 Å². The number of halogens is 1. The van der Waals surface area contributed by atoms with Crippen LogP contribution in [0.15, 0.2) is 82.0 Å². The van der Waals surface area contributed by atoms with E-state index in [1.807, 2.05) is 0 Å². The number of hydrogen-bond donors (Lipinski definition) is 0. The van der Waals surface area contributed by atoms with Gasteiger partial charge in [0.05, 0.1) is 29.7 Å². The zero-order valence-corrected chi connectivity index (χ0v) is 17.6. The number of benzene rings is 3. The van der Waals surface area contributed by atoms with E-state index in [1.54, 1.807) is 60.7 Å². The van der Waals surface area contributed by atoms with Crippen LogP contribution in [0, 0.1) is 5.82 Å². The van der Waals surface area contributed by atoms with Gasteiger partial charge in [0.15, 0.2) is 5.43 Å². The van der Waals surface area contributed by atoms with Gasteiger partial charge in [-0.25, -0.2) is 9.18 Å². The van der Waals surface area contributed by atoms with Crippen molar-refractivity contribution in [2.75, 3.05) is 7.11 Å². The minimum absolute atomic E-state index is 0.0112. The van der Waals surface area contributed by atoms with E-state index in [4.69, 9.17) is 9.15 Å². The molecule has 33 heavy (non-hydrogen) atoms. The Bertz CT molecular complexity index is 1440. The Balaban J connectivity index is 1.67. The fourth-order valence-electron chi connectivity index (χ4n) is 4.18. The summed E-state index contributed by atoms with van der Waals surface area (Å²) in [5, 5.41) is 0.379. The van der Waals surface area contributed by atoms with E-state index in [1.165, 1.54) is 24.1 Å². The summed E-state index contributed by atoms with van der Waals surface area (Å²) < 4.78 is 24.0. The lowest BCUT2D eigenvalue weighted by Crippen LogP contribution is -2.29. The van der Waals surface area contributed by atoms with Gasteiger partial charge in [0.25, 0.3) is 5.91 Å². The van der Waals surface area contributed by atoms with Crippen LogP contribution < -0.4 is 5.43 Å². The monoisotopic (exact) mass is 443 g/mol. The Labute approximate surface area is 187 Å². The molecule has 0 spiro atoms. The van der Waals surface area contributed by atoms with E-state index < -0.39 is 17.9 Å². The molecule has 1 amide bonds. The Morgan fingerprint density at radius 3 is 2.39 bits per heavy atom. The number of amides is 1. The highest BCUT2D eigenvalue weighted by atomic mass is 19.1. The minimum atomic E-state index is -0.731. The highest BCUT2D eigenvalue weighted by Gasteiger charge is 2.42. The molecule has 6 nitrogen and oxygen atoms in total. The number of fused-ring (bicyclic) bond motifs is 2. The Kier molecular flexibility index (Phi) is 5.01. The van der Waals surface area contributed by atoms with Crippen molar-refractivity contribution in [3.63, 3.8) is 0 Å². The average molecular weight is 443 g/mol. The summed E-state index contributed by atoms with van der Waals surface area (Å²) in [6, 6.07) is 18.4. The lowest BCUT2D eigenvalue weighted by atomic mass is 9.97. The molecule has 1 aliphatic rings. The Morgan fingerprint density at radius 2 is 1.70 bits per heavy atom. The second kappa shape index (κ2) is 8.02. The normalized spacial score (nSPS) is 15.0. The van der Waals surface area contributed by atoms with Crippen LogP contribution in [-0.4, -0.2) is 23.9 Å². The molecule has 3 aromatic carbocycles. The van der Waals surface area contributed by atoms with Crippen molar-refractivity contribution in [2.45, 2.75) is 12.6 Å². The average Bonchev–Trinajstić information content (AvgIpc) is 3.12. The topological polar surface area (TPSA) is 76.8 Å². The molecule has 2 heterocycles. The van der Waals surface area contributed by atoms with Crippen molar-refractivity contribution < 1.29 is 23.1 Å². The number of hydrogen-bond acceptors (Lipinski definition) is 5. The number of carbonyl (C=O) groups excluding carboxylic acids is 2. The van der Waals surface area contributed by atoms with E-state index in [0.29, 0.717) is 27.7 Å². The smallest absolute Gasteiger partial charge is 0.337 e. The predicted octanol–water partition coefficient (Wildman–Crippen LogP) is 4.46. The van der Waals surface area contributed by atoms with E-state index >= 15 is 0 Å². The minimum Gasteiger partial charge on any atom is -0.465 e. The van der Waals surface area contributed by atoms with Crippen molar-refractivity contribution in [3.05, 3.63) is 117 Å². The first-order valence-corrected chi connectivity index (χ1v) is 10.3. The number of esters is 1. The summed E-state index contributed by atoms with van der Waals surface area (Å²) in [4.78, 5) is 40.2. The fraction of sp³-hybridized carbons (Fsp3) is 0.115. The van der Waals surface area contributed by atoms with Crippen LogP contribution >= 0.6 is 0 Å². The molecule has 7 heteroatoms. The maximum Gasteiger partial charge on any atom is 0.337 e. The zero-order chi connectivity index (χ0) is 23.1. The van der Waals surface area contributed by atoms with Crippen molar-refractivity contribution in [1.29, 1.82) is 0 Å². The van der Waals surface area contributed by atoms with Gasteiger partial charge in [-0.3, -0.25) is 9.59 Å². The number of nitrogens with zero attached hydrogens (tertiary/aromatic N) is 1. The van der Waals surface area contributed by atoms with Crippen LogP contribution in [-0.2, 0) is 11.3 Å². The number of rotatable bonds is 4. The first-order chi connectivity index (χ1) is 16.0. The summed E-state index contributed by atoms with van der Waals surface area (Å²) in [7, 11) is 1.29. The molecule has 5 rings (SSSR count). The van der Waals surface area contributed by atoms with Crippen molar-refractivity contribution in [3.8, 4) is 0 Å². The van der Waals surface area contributed by atoms with Crippen LogP contribution in [0.3, 0.4) is 0 Å². The van der Waals surface area contributed by atoms with Crippen LogP contribution in [0.4, 0.5) is 4.39 Å². The second-order valence-electron chi connectivity index (χ2n) is 7.75. The largest absolute Gasteiger partial charge is 0.465 e. The Morgan fingerprint density at radius 1 is 1.00 bits per heavy atom. The molecule has 0 aliphatic carbocycles. The van der Waals surface area contributed by atoms with Gasteiger partial charge in [-0.1, -0.05) is 36.4 Å². The van der Waals surface area contributed by atoms with E-state index in [2.05, 4.69) is 0 Å². The van der Waals surface area contributed by atoms with Crippen LogP contribution in [0.25, 0.3) is 11.0 Å². The SMILES string of the molecule is COC(=O)c1ccc([C@@H]2c3c(oc4ccccc4c3=O)C(=O)N2Cc2ccc(F)cc2)cc1. The van der Waals surface area contributed by atoms with Gasteiger partial charge in [-0.2, -0.15) is 0 Å².